The van der Waals surface area contributed by atoms with Crippen LogP contribution in [0.5, 0.6) is 0 Å². The molecule has 0 fully saturated rings. The minimum absolute atomic E-state index is 0.512. The summed E-state index contributed by atoms with van der Waals surface area (Å²) in [5.74, 6) is 7.49. The van der Waals surface area contributed by atoms with E-state index in [4.69, 9.17) is 0 Å². The molecule has 0 unspecified atom stereocenters. The van der Waals surface area contributed by atoms with Crippen molar-refractivity contribution >= 4 is 31.2 Å². The van der Waals surface area contributed by atoms with Crippen molar-refractivity contribution in [3.8, 4) is 0 Å². The van der Waals surface area contributed by atoms with E-state index in [1.165, 1.54) is 0 Å². The van der Waals surface area contributed by atoms with E-state index in [1.54, 1.807) is 0 Å². The molecule has 0 bridgehead atoms. The van der Waals surface area contributed by atoms with E-state index < -0.39 is 10.5 Å². The van der Waals surface area contributed by atoms with Gasteiger partial charge in [-0.2, -0.15) is 25.3 Å². The first-order valence-corrected chi connectivity index (χ1v) is 2.66. The van der Waals surface area contributed by atoms with E-state index in [-0.39, 0.29) is 0 Å². The van der Waals surface area contributed by atoms with Gasteiger partial charge in [0.2, 0.25) is 5.91 Å². The molecule has 6 N–H and O–H groups in total. The molecule has 1 amide bonds. The molecule has 50 valence electrons. The highest BCUT2D eigenvalue weighted by Gasteiger charge is 1.98. The molecular formula is C2H9N3OS2. The Balaban J connectivity index is 0. The smallest absolute Gasteiger partial charge is 0.240 e. The highest BCUT2D eigenvalue weighted by molar-refractivity contribution is 8.00. The number of carbonyl (C=O) groups is 1. The van der Waals surface area contributed by atoms with Gasteiger partial charge in [0, 0.05) is 0 Å². The second kappa shape index (κ2) is 7.09. The molecule has 0 aromatic heterocycles. The lowest BCUT2D eigenvalue weighted by Crippen LogP contribution is -2.18. The van der Waals surface area contributed by atoms with Crippen molar-refractivity contribution in [1.29, 1.82) is 0 Å². The van der Waals surface area contributed by atoms with Crippen molar-refractivity contribution in [2.75, 3.05) is 0 Å². The predicted octanol–water partition coefficient (Wildman–Crippen LogP) is -1.52. The second-order valence-electron chi connectivity index (χ2n) is 0.776. The molecule has 0 saturated heterocycles. The van der Waals surface area contributed by atoms with Crippen LogP contribution in [0.4, 0.5) is 0 Å². The Bertz CT molecular complexity index is 66.3. The maximum absolute atomic E-state index is 9.77. The van der Waals surface area contributed by atoms with Crippen molar-refractivity contribution in [3.63, 3.8) is 0 Å². The molecule has 0 radical (unpaired) electrons. The Hall–Kier alpha value is 0.0900. The van der Waals surface area contributed by atoms with Gasteiger partial charge in [-0.15, -0.1) is 0 Å². The van der Waals surface area contributed by atoms with Crippen LogP contribution in [-0.2, 0) is 4.79 Å². The van der Waals surface area contributed by atoms with Gasteiger partial charge >= 0.3 is 0 Å². The minimum atomic E-state index is -0.620. The minimum Gasteiger partial charge on any atom is -0.368 e. The fourth-order valence-electron chi connectivity index (χ4n) is 0. The Labute approximate surface area is 58.6 Å². The third kappa shape index (κ3) is 9.43. The molecule has 0 heterocycles. The van der Waals surface area contributed by atoms with Gasteiger partial charge in [0.25, 0.3) is 0 Å². The standard InChI is InChI=1S/C2H5NOS2.H4N2/c3-1(4)2(5)6;1-2/h2,5-6H,(H2,3,4);1-2H2. The second-order valence-corrected chi connectivity index (χ2v) is 2.22. The lowest BCUT2D eigenvalue weighted by Gasteiger charge is -1.89. The van der Waals surface area contributed by atoms with Gasteiger partial charge in [-0.25, -0.2) is 0 Å². The summed E-state index contributed by atoms with van der Waals surface area (Å²) in [6.07, 6.45) is 0. The van der Waals surface area contributed by atoms with E-state index >= 15 is 0 Å². The predicted molar refractivity (Wildman–Crippen MR) is 39.3 cm³/mol. The van der Waals surface area contributed by atoms with E-state index in [0.29, 0.717) is 0 Å². The van der Waals surface area contributed by atoms with Gasteiger partial charge in [0.15, 0.2) is 0 Å². The fraction of sp³-hybridized carbons (Fsp3) is 0.500. The topological polar surface area (TPSA) is 95.1 Å². The summed E-state index contributed by atoms with van der Waals surface area (Å²) in [4.78, 5) is 9.77. The number of nitrogens with two attached hydrogens (primary N) is 3. The summed E-state index contributed by atoms with van der Waals surface area (Å²) in [5, 5.41) is 0. The zero-order valence-electron chi connectivity index (χ0n) is 4.11. The number of rotatable bonds is 1. The molecule has 6 heteroatoms. The average Bonchev–Trinajstić information content (AvgIpc) is 1.72. The highest BCUT2D eigenvalue weighted by Crippen LogP contribution is 1.95. The summed E-state index contributed by atoms with van der Waals surface area (Å²) in [6, 6.07) is 0. The number of primary amides is 1. The molecule has 0 aliphatic rings. The molecule has 0 aromatic carbocycles. The van der Waals surface area contributed by atoms with Crippen molar-refractivity contribution in [3.05, 3.63) is 0 Å². The summed E-state index contributed by atoms with van der Waals surface area (Å²) in [6.45, 7) is 0. The molecule has 0 saturated carbocycles. The molecule has 0 aromatic rings. The van der Waals surface area contributed by atoms with Crippen LogP contribution in [0.3, 0.4) is 0 Å². The maximum atomic E-state index is 9.77. The van der Waals surface area contributed by atoms with Crippen molar-refractivity contribution in [2.45, 2.75) is 4.58 Å². The van der Waals surface area contributed by atoms with Crippen LogP contribution >= 0.6 is 25.3 Å². The van der Waals surface area contributed by atoms with Gasteiger partial charge in [-0.05, 0) is 0 Å². The zero-order valence-corrected chi connectivity index (χ0v) is 5.90. The average molecular weight is 155 g/mol. The van der Waals surface area contributed by atoms with Crippen LogP contribution in [0, 0.1) is 0 Å². The highest BCUT2D eigenvalue weighted by atomic mass is 32.2. The summed E-state index contributed by atoms with van der Waals surface area (Å²) >= 11 is 7.17. The number of hydrogen-bond acceptors (Lipinski definition) is 5. The Morgan fingerprint density at radius 3 is 1.50 bits per heavy atom. The van der Waals surface area contributed by atoms with Gasteiger partial charge in [0.05, 0.1) is 0 Å². The third-order valence-electron chi connectivity index (χ3n) is 0.254. The molecule has 0 aliphatic heterocycles. The lowest BCUT2D eigenvalue weighted by atomic mass is 10.8. The van der Waals surface area contributed by atoms with Gasteiger partial charge in [-0.3, -0.25) is 16.5 Å². The van der Waals surface area contributed by atoms with Crippen LogP contribution in [0.15, 0.2) is 0 Å². The normalized spacial score (nSPS) is 7.62. The molecule has 0 rings (SSSR count). The van der Waals surface area contributed by atoms with E-state index in [0.717, 1.165) is 0 Å². The van der Waals surface area contributed by atoms with E-state index in [1.807, 2.05) is 0 Å². The number of amides is 1. The molecule has 0 atom stereocenters. The van der Waals surface area contributed by atoms with Crippen molar-refractivity contribution < 1.29 is 4.79 Å². The number of hydrogen-bond donors (Lipinski definition) is 5. The molecule has 4 nitrogen and oxygen atoms in total. The lowest BCUT2D eigenvalue weighted by molar-refractivity contribution is -0.116. The third-order valence-corrected chi connectivity index (χ3v) is 0.763. The van der Waals surface area contributed by atoms with Crippen LogP contribution in [0.2, 0.25) is 0 Å². The van der Waals surface area contributed by atoms with E-state index in [9.17, 15) is 4.79 Å². The number of hydrazine groups is 1. The molecule has 0 spiro atoms. The van der Waals surface area contributed by atoms with Crippen molar-refractivity contribution in [2.24, 2.45) is 17.4 Å². The maximum Gasteiger partial charge on any atom is 0.240 e. The molecule has 8 heavy (non-hydrogen) atoms. The first-order chi connectivity index (χ1) is 3.64. The first kappa shape index (κ1) is 11.0. The van der Waals surface area contributed by atoms with Crippen LogP contribution < -0.4 is 17.4 Å². The molecule has 0 aliphatic carbocycles. The summed E-state index contributed by atoms with van der Waals surface area (Å²) in [5.41, 5.74) is 4.64. The monoisotopic (exact) mass is 155 g/mol. The Morgan fingerprint density at radius 2 is 1.50 bits per heavy atom. The van der Waals surface area contributed by atoms with Crippen LogP contribution in [0.1, 0.15) is 0 Å². The quantitative estimate of drug-likeness (QED) is 0.138. The van der Waals surface area contributed by atoms with Gasteiger partial charge in [-0.1, -0.05) is 0 Å². The Kier molecular flexibility index (Phi) is 9.72. The Morgan fingerprint density at radius 1 is 1.38 bits per heavy atom. The van der Waals surface area contributed by atoms with Crippen LogP contribution in [-0.4, -0.2) is 10.5 Å². The number of thiol groups is 2. The van der Waals surface area contributed by atoms with Crippen LogP contribution in [0.25, 0.3) is 0 Å². The summed E-state index contributed by atoms with van der Waals surface area (Å²) < 4.78 is -0.620. The van der Waals surface area contributed by atoms with Gasteiger partial charge < -0.3 is 5.73 Å². The molecular weight excluding hydrogens is 146 g/mol. The zero-order chi connectivity index (χ0) is 7.15. The van der Waals surface area contributed by atoms with E-state index in [2.05, 4.69) is 42.7 Å². The fourth-order valence-corrected chi connectivity index (χ4v) is 0. The van der Waals surface area contributed by atoms with Gasteiger partial charge in [0.1, 0.15) is 4.58 Å². The largest absolute Gasteiger partial charge is 0.368 e. The first-order valence-electron chi connectivity index (χ1n) is 1.63. The summed E-state index contributed by atoms with van der Waals surface area (Å²) in [7, 11) is 0. The number of carbonyl (C=O) groups excluding carboxylic acids is 1. The SMILES string of the molecule is NC(=O)C(S)S.NN. The van der Waals surface area contributed by atoms with Crippen molar-refractivity contribution in [1.82, 2.24) is 0 Å².